The van der Waals surface area contributed by atoms with Crippen molar-refractivity contribution in [2.45, 2.75) is 18.6 Å². The first-order chi connectivity index (χ1) is 5.74. The second kappa shape index (κ2) is 4.62. The highest BCUT2D eigenvalue weighted by Gasteiger charge is 2.17. The average Bonchev–Trinajstić information content (AvgIpc) is 2.55. The van der Waals surface area contributed by atoms with Crippen molar-refractivity contribution in [1.82, 2.24) is 0 Å². The van der Waals surface area contributed by atoms with Gasteiger partial charge in [0.15, 0.2) is 0 Å². The van der Waals surface area contributed by atoms with Crippen LogP contribution in [0.1, 0.15) is 13.8 Å². The van der Waals surface area contributed by atoms with Gasteiger partial charge in [-0.05, 0) is 24.7 Å². The Labute approximate surface area is 80.4 Å². The fourth-order valence-electron chi connectivity index (χ4n) is 0.578. The third-order valence-electron chi connectivity index (χ3n) is 1.39. The maximum absolute atomic E-state index is 11.2. The highest BCUT2D eigenvalue weighted by atomic mass is 32.2. The molecule has 0 aromatic heterocycles. The van der Waals surface area contributed by atoms with Crippen LogP contribution in [0.3, 0.4) is 0 Å². The predicted octanol–water partition coefficient (Wildman–Crippen LogP) is 2.73. The Morgan fingerprint density at radius 2 is 2.08 bits per heavy atom. The van der Waals surface area contributed by atoms with E-state index < -0.39 is 0 Å². The molecule has 0 aromatic rings. The summed E-state index contributed by atoms with van der Waals surface area (Å²) in [6.45, 7) is 3.57. The van der Waals surface area contributed by atoms with Gasteiger partial charge in [-0.1, -0.05) is 29.6 Å². The third kappa shape index (κ3) is 2.60. The molecule has 1 aliphatic heterocycles. The van der Waals surface area contributed by atoms with Crippen molar-refractivity contribution >= 4 is 29.5 Å². The number of hydrogen-bond acceptors (Lipinski definition) is 4. The van der Waals surface area contributed by atoms with E-state index in [9.17, 15) is 4.79 Å². The summed E-state index contributed by atoms with van der Waals surface area (Å²) < 4.78 is 5.03. The van der Waals surface area contributed by atoms with E-state index in [-0.39, 0.29) is 10.7 Å². The van der Waals surface area contributed by atoms with E-state index >= 15 is 0 Å². The molecule has 0 atom stereocenters. The van der Waals surface area contributed by atoms with Gasteiger partial charge in [0.05, 0.1) is 0 Å². The fourth-order valence-corrected chi connectivity index (χ4v) is 2.28. The molecule has 0 fully saturated rings. The molecule has 0 saturated carbocycles. The summed E-state index contributed by atoms with van der Waals surface area (Å²) in [5, 5.41) is 3.85. The number of ether oxygens (including phenoxy) is 1. The molecule has 0 N–H and O–H groups in total. The SMILES string of the molecule is CC=C(C)C(=O)OC1SC=CS1. The van der Waals surface area contributed by atoms with Crippen LogP contribution in [0, 0.1) is 0 Å². The quantitative estimate of drug-likeness (QED) is 0.508. The number of rotatable bonds is 2. The van der Waals surface area contributed by atoms with Crippen molar-refractivity contribution in [3.05, 3.63) is 22.5 Å². The zero-order valence-electron chi connectivity index (χ0n) is 6.94. The van der Waals surface area contributed by atoms with Crippen molar-refractivity contribution in [2.24, 2.45) is 0 Å². The maximum Gasteiger partial charge on any atom is 0.335 e. The normalized spacial score (nSPS) is 18.3. The van der Waals surface area contributed by atoms with Crippen LogP contribution in [0.15, 0.2) is 22.5 Å². The Morgan fingerprint density at radius 3 is 2.58 bits per heavy atom. The highest BCUT2D eigenvalue weighted by molar-refractivity contribution is 8.22. The molecule has 0 aliphatic carbocycles. The summed E-state index contributed by atoms with van der Waals surface area (Å²) in [7, 11) is 0. The zero-order chi connectivity index (χ0) is 8.97. The van der Waals surface area contributed by atoms with Gasteiger partial charge in [-0.15, -0.1) is 0 Å². The summed E-state index contributed by atoms with van der Waals surface area (Å²) in [5.41, 5.74) is 0.656. The molecule has 0 saturated heterocycles. The number of thioether (sulfide) groups is 2. The van der Waals surface area contributed by atoms with Gasteiger partial charge < -0.3 is 4.74 Å². The second-order valence-corrected chi connectivity index (χ2v) is 4.45. The molecule has 0 aromatic carbocycles. The highest BCUT2D eigenvalue weighted by Crippen LogP contribution is 2.34. The Kier molecular flexibility index (Phi) is 3.75. The van der Waals surface area contributed by atoms with E-state index in [0.717, 1.165) is 0 Å². The summed E-state index contributed by atoms with van der Waals surface area (Å²) in [4.78, 5) is 11.2. The molecular formula is C8H10O2S2. The largest absolute Gasteiger partial charge is 0.437 e. The number of hydrogen-bond donors (Lipinski definition) is 0. The van der Waals surface area contributed by atoms with Crippen LogP contribution in [0.2, 0.25) is 0 Å². The molecule has 0 bridgehead atoms. The minimum atomic E-state index is -0.230. The monoisotopic (exact) mass is 202 g/mol. The van der Waals surface area contributed by atoms with E-state index in [1.165, 1.54) is 23.5 Å². The average molecular weight is 202 g/mol. The number of carbonyl (C=O) groups excluding carboxylic acids is 1. The lowest BCUT2D eigenvalue weighted by Crippen LogP contribution is -2.10. The van der Waals surface area contributed by atoms with Crippen LogP contribution in [-0.2, 0) is 9.53 Å². The molecule has 1 heterocycles. The van der Waals surface area contributed by atoms with E-state index in [4.69, 9.17) is 4.74 Å². The van der Waals surface area contributed by atoms with Crippen LogP contribution in [0.25, 0.3) is 0 Å². The maximum atomic E-state index is 11.2. The topological polar surface area (TPSA) is 26.3 Å². The van der Waals surface area contributed by atoms with Crippen LogP contribution in [0.5, 0.6) is 0 Å². The van der Waals surface area contributed by atoms with Crippen molar-refractivity contribution in [3.63, 3.8) is 0 Å². The molecule has 66 valence electrons. The lowest BCUT2D eigenvalue weighted by Gasteiger charge is -2.09. The Hall–Kier alpha value is -0.350. The van der Waals surface area contributed by atoms with E-state index in [0.29, 0.717) is 5.57 Å². The third-order valence-corrected chi connectivity index (χ3v) is 3.46. The molecule has 1 rings (SSSR count). The zero-order valence-corrected chi connectivity index (χ0v) is 8.58. The smallest absolute Gasteiger partial charge is 0.335 e. The summed E-state index contributed by atoms with van der Waals surface area (Å²) >= 11 is 3.02. The lowest BCUT2D eigenvalue weighted by molar-refractivity contribution is -0.137. The minimum absolute atomic E-state index is 0.0904. The molecule has 2 nitrogen and oxygen atoms in total. The van der Waals surface area contributed by atoms with Crippen LogP contribution in [-0.4, -0.2) is 10.7 Å². The standard InChI is InChI=1S/C8H10O2S2/c1-3-6(2)7(9)10-8-11-4-5-12-8/h3-5,8H,1-2H3. The van der Waals surface area contributed by atoms with Crippen molar-refractivity contribution in [2.75, 3.05) is 0 Å². The summed E-state index contributed by atoms with van der Waals surface area (Å²) in [5.74, 6) is -0.230. The van der Waals surface area contributed by atoms with Gasteiger partial charge >= 0.3 is 5.97 Å². The number of esters is 1. The molecule has 4 heteroatoms. The van der Waals surface area contributed by atoms with Crippen molar-refractivity contribution < 1.29 is 9.53 Å². The molecule has 0 radical (unpaired) electrons. The van der Waals surface area contributed by atoms with Crippen LogP contribution >= 0.6 is 23.5 Å². The van der Waals surface area contributed by atoms with Crippen molar-refractivity contribution in [3.8, 4) is 0 Å². The molecule has 1 aliphatic rings. The molecule has 0 amide bonds. The fraction of sp³-hybridized carbons (Fsp3) is 0.375. The molecule has 12 heavy (non-hydrogen) atoms. The van der Waals surface area contributed by atoms with E-state index in [2.05, 4.69) is 0 Å². The first-order valence-electron chi connectivity index (χ1n) is 3.54. The Morgan fingerprint density at radius 1 is 1.50 bits per heavy atom. The van der Waals surface area contributed by atoms with Gasteiger partial charge in [0.2, 0.25) is 4.77 Å². The molecule has 0 spiro atoms. The van der Waals surface area contributed by atoms with E-state index in [1.54, 1.807) is 13.0 Å². The van der Waals surface area contributed by atoms with Crippen LogP contribution < -0.4 is 0 Å². The summed E-state index contributed by atoms with van der Waals surface area (Å²) in [6, 6.07) is 0. The minimum Gasteiger partial charge on any atom is -0.437 e. The van der Waals surface area contributed by atoms with Gasteiger partial charge in [-0.3, -0.25) is 0 Å². The summed E-state index contributed by atoms with van der Waals surface area (Å²) in [6.07, 6.45) is 1.75. The van der Waals surface area contributed by atoms with Crippen molar-refractivity contribution in [1.29, 1.82) is 0 Å². The van der Waals surface area contributed by atoms with E-state index in [1.807, 2.05) is 17.7 Å². The first-order valence-corrected chi connectivity index (χ1v) is 5.42. The Bertz CT molecular complexity index is 225. The molecular weight excluding hydrogens is 192 g/mol. The Balaban J connectivity index is 2.36. The van der Waals surface area contributed by atoms with Gasteiger partial charge in [0.1, 0.15) is 0 Å². The number of allylic oxidation sites excluding steroid dienone is 1. The predicted molar refractivity (Wildman–Crippen MR) is 53.6 cm³/mol. The van der Waals surface area contributed by atoms with Gasteiger partial charge in [0, 0.05) is 5.57 Å². The second-order valence-electron chi connectivity index (χ2n) is 2.21. The van der Waals surface area contributed by atoms with Gasteiger partial charge in [-0.25, -0.2) is 4.79 Å². The van der Waals surface area contributed by atoms with Gasteiger partial charge in [0.25, 0.3) is 0 Å². The van der Waals surface area contributed by atoms with Gasteiger partial charge in [-0.2, -0.15) is 0 Å². The lowest BCUT2D eigenvalue weighted by atomic mass is 10.3. The van der Waals surface area contributed by atoms with Crippen LogP contribution in [0.4, 0.5) is 0 Å². The number of carbonyl (C=O) groups is 1. The molecule has 0 unspecified atom stereocenters. The first kappa shape index (κ1) is 9.74.